The van der Waals surface area contributed by atoms with Gasteiger partial charge in [-0.05, 0) is 195 Å². The predicted octanol–water partition coefficient (Wildman–Crippen LogP) is 7.68. The monoisotopic (exact) mass is 2040 g/mol. The number of piperidine rings is 4. The average molecular weight is 2040 g/mol. The van der Waals surface area contributed by atoms with E-state index in [1.54, 1.807) is 53.7 Å². The first-order chi connectivity index (χ1) is 72.0. The quantitative estimate of drug-likeness (QED) is 0.0179. The molecule has 778 valence electrons. The maximum absolute atomic E-state index is 13.1. The van der Waals surface area contributed by atoms with Crippen LogP contribution in [0.1, 0.15) is 204 Å². The number of nitrogen functional groups attached to an aromatic ring is 3. The molecule has 0 spiro atoms. The number of pyridine rings is 4. The molecule has 4 bridgehead atoms. The number of terminal acetylenes is 1. The van der Waals surface area contributed by atoms with Crippen LogP contribution >= 0.6 is 0 Å². The smallest absolute Gasteiger partial charge is 0.405 e. The molecule has 14 fully saturated rings. The van der Waals surface area contributed by atoms with E-state index in [4.69, 9.17) is 78.6 Å². The Labute approximate surface area is 856 Å². The standard InChI is InChI=1S/C28H31N7O2.C26H32N10O3.C25H29N9O3.C22H25F3N8O3/c1-3-18-10-20(18)15-37-27-32-24(25(36)34-28-11-17(12-28)13-28)31-26(33-27)35-8-5-19(6-9-35)23-22-16(2)4-7-29-21(22)14-30-23;1-3-29-25(37)20-10-23(32-26(31-20)39-15-19-8-17(19)11-27)36-6-4-16(5-7-36)14-38-22-9-18(12-30-24(22)28)21-13-35(2)34-33-21;26-11-15-7-16(15)12-37-24-31-21(22(36)33-25-8-13(9-25)10-25)30-23(32-24)34-5-3-14(4-6-34)18-2-1-17(27)19(29-18)20(28)35;23-22(24,25)12-29-19(34)18-30-20(32-21(31-18)36-11-15-8-14(15)9-26)33-6-3-13(4-7-33)10-35-16-2-1-5-28-17(16)27/h1,4,7,17-20H,5-6,8-15H2,2H3,(H,34,36);9-10,12-13,16-17,19H,3-8,14-15H2,1-2H3,(H2,28,30)(H,29,37);1-2,13-16H,3-10,12,27H2,(H2,28,35)(H,33,36);1-2,5,13-15H,3-4,6-8,10-12H2,(H2,27,28)(H,29,34)/t17?,18-,20-,28?;17-,19+;13?,15-,16+,25?;14-,15+/m1000/s1. The largest absolute Gasteiger partial charge is 0.489 e. The van der Waals surface area contributed by atoms with Crippen LogP contribution in [0.3, 0.4) is 0 Å². The second-order valence-electron chi connectivity index (χ2n) is 40.9. The first kappa shape index (κ1) is 102. The van der Waals surface area contributed by atoms with Gasteiger partial charge in [0.15, 0.2) is 28.8 Å². The summed E-state index contributed by atoms with van der Waals surface area (Å²) in [5.74, 6) is 6.75. The van der Waals surface area contributed by atoms with Crippen LogP contribution < -0.4 is 92.2 Å². The number of rotatable bonds is 34. The fourth-order valence-electron chi connectivity index (χ4n) is 20.3. The van der Waals surface area contributed by atoms with Crippen molar-refractivity contribution < 1.29 is 65.6 Å². The number of aryl methyl sites for hydroxylation is 2. The third-order valence-electron chi connectivity index (χ3n) is 29.9. The number of nitrogens with one attached hydrogen (secondary N) is 4. The first-order valence-electron chi connectivity index (χ1n) is 50.7. The molecule has 10 aliphatic carbocycles. The summed E-state index contributed by atoms with van der Waals surface area (Å²) in [4.78, 5) is 141. The van der Waals surface area contributed by atoms with E-state index in [0.717, 1.165) is 164 Å². The highest BCUT2D eigenvalue weighted by atomic mass is 19.4. The summed E-state index contributed by atoms with van der Waals surface area (Å²) in [6.07, 6.45) is 23.9. The Balaban J connectivity index is 0.000000125. The van der Waals surface area contributed by atoms with Crippen LogP contribution in [0.2, 0.25) is 0 Å². The van der Waals surface area contributed by atoms with Crippen LogP contribution in [-0.2, 0) is 13.6 Å². The summed E-state index contributed by atoms with van der Waals surface area (Å²) in [7, 11) is 1.81. The van der Waals surface area contributed by atoms with Gasteiger partial charge in [-0.25, -0.2) is 15.0 Å². The molecule has 24 rings (SSSR count). The number of halogens is 3. The summed E-state index contributed by atoms with van der Waals surface area (Å²) >= 11 is 0. The number of nitrogens with zero attached hydrogens (tertiary/aromatic N) is 26. The van der Waals surface area contributed by atoms with E-state index >= 15 is 0 Å². The van der Waals surface area contributed by atoms with Crippen LogP contribution in [0.4, 0.5) is 54.2 Å². The number of amides is 5. The molecule has 48 heteroatoms. The number of primary amides is 1. The van der Waals surface area contributed by atoms with E-state index in [1.807, 2.05) is 41.2 Å². The van der Waals surface area contributed by atoms with E-state index in [9.17, 15) is 37.1 Å². The molecule has 45 nitrogen and oxygen atoms in total. The number of hydrogen-bond acceptors (Lipinski definition) is 39. The summed E-state index contributed by atoms with van der Waals surface area (Å²) in [6.45, 7) is 11.3. The number of aromatic nitrogens is 18. The molecule has 149 heavy (non-hydrogen) atoms. The van der Waals surface area contributed by atoms with Gasteiger partial charge in [0.25, 0.3) is 29.5 Å². The Hall–Kier alpha value is -15.9. The van der Waals surface area contributed by atoms with Crippen molar-refractivity contribution in [1.29, 1.82) is 15.8 Å². The van der Waals surface area contributed by atoms with Crippen LogP contribution in [0, 0.1) is 130 Å². The van der Waals surface area contributed by atoms with E-state index in [0.29, 0.717) is 143 Å². The number of nitrogens with two attached hydrogens (primary N) is 4. The minimum absolute atomic E-state index is 0.00408. The number of nitriles is 3. The molecule has 14 heterocycles. The van der Waals surface area contributed by atoms with E-state index in [2.05, 4.69) is 148 Å². The highest BCUT2D eigenvalue weighted by Gasteiger charge is 2.59. The normalized spacial score (nSPS) is 23.9. The molecular formula is C101H117F3N34O11. The van der Waals surface area contributed by atoms with Crippen molar-refractivity contribution in [2.24, 2.45) is 94.7 Å². The van der Waals surface area contributed by atoms with Gasteiger partial charge in [0.1, 0.15) is 23.8 Å². The lowest BCUT2D eigenvalue weighted by atomic mass is 9.50. The van der Waals surface area contributed by atoms with Gasteiger partial charge in [-0.2, -0.15) is 83.8 Å². The summed E-state index contributed by atoms with van der Waals surface area (Å²) in [5, 5.41) is 46.0. The number of anilines is 7. The third kappa shape index (κ3) is 24.8. The van der Waals surface area contributed by atoms with Crippen molar-refractivity contribution in [3.05, 3.63) is 119 Å². The van der Waals surface area contributed by atoms with Gasteiger partial charge < -0.3 is 92.2 Å². The zero-order valence-electron chi connectivity index (χ0n) is 82.8. The van der Waals surface area contributed by atoms with Crippen LogP contribution in [0.5, 0.6) is 35.5 Å². The second kappa shape index (κ2) is 44.0. The van der Waals surface area contributed by atoms with Crippen molar-refractivity contribution in [2.75, 3.05) is 142 Å². The van der Waals surface area contributed by atoms with Crippen molar-refractivity contribution in [3.63, 3.8) is 0 Å². The number of aliphatic imine (C=N–C) groups is 1. The molecule has 10 saturated carbocycles. The van der Waals surface area contributed by atoms with Gasteiger partial charge in [-0.15, -0.1) is 17.4 Å². The Morgan fingerprint density at radius 3 is 1.49 bits per heavy atom. The first-order valence-corrected chi connectivity index (χ1v) is 50.7. The highest BCUT2D eigenvalue weighted by molar-refractivity contribution is 6.06. The van der Waals surface area contributed by atoms with Gasteiger partial charge in [-0.1, -0.05) is 5.21 Å². The average Bonchev–Trinajstić information content (AvgIpc) is 1.17. The zero-order chi connectivity index (χ0) is 104. The molecule has 0 radical (unpaired) electrons. The molecular weight excluding hydrogens is 1920 g/mol. The van der Waals surface area contributed by atoms with Crippen molar-refractivity contribution >= 4 is 76.2 Å². The van der Waals surface area contributed by atoms with E-state index in [1.165, 1.54) is 16.8 Å². The molecule has 5 aliphatic heterocycles. The van der Waals surface area contributed by atoms with E-state index in [-0.39, 0.29) is 147 Å². The lowest BCUT2D eigenvalue weighted by Gasteiger charge is -2.61. The van der Waals surface area contributed by atoms with Crippen LogP contribution in [-0.4, -0.2) is 247 Å². The van der Waals surface area contributed by atoms with Gasteiger partial charge in [-0.3, -0.25) is 38.6 Å². The molecule has 0 aromatic carbocycles. The number of ether oxygens (including phenoxy) is 6. The highest BCUT2D eigenvalue weighted by Crippen LogP contribution is 2.58. The molecule has 4 saturated heterocycles. The number of hydrogen-bond donors (Lipinski definition) is 8. The number of fused-ring (bicyclic) bond motifs is 1. The summed E-state index contributed by atoms with van der Waals surface area (Å²) < 4.78 is 74.3. The topological polar surface area (TPSA) is 614 Å². The number of carbonyl (C=O) groups excluding carboxylic acids is 5. The van der Waals surface area contributed by atoms with Gasteiger partial charge >= 0.3 is 30.2 Å². The third-order valence-corrected chi connectivity index (χ3v) is 29.9. The Morgan fingerprint density at radius 2 is 1.02 bits per heavy atom. The van der Waals surface area contributed by atoms with Gasteiger partial charge in [0, 0.05) is 166 Å². The SMILES string of the molecule is C#C[C@@H]1C[C@@H]1COc1nc(C(=O)NC23CC(C2)C3)nc(N2CCC(C3=NCc4nccc(C)c43)CC2)n1.CCNC(=O)c1cc(N2CCC(COc3cc(-c4cn(C)nn4)cnc3N)CC2)nc(OC[C@H]2C[C@H]2C#N)n1.N#C[C@@H]1C[C@@H]1COc1nc(C(=O)NC23CC(C2)C3)nc(N2CCC(c3ccc(N)c(C(N)=O)n3)CC2)n1.N#C[C@@H]1C[C@@H]1COc1nc(C(=O)NCC(F)(F)F)nc(N2CCC(COc3cccnc3N)CC2)n1. The maximum atomic E-state index is 13.1. The van der Waals surface area contributed by atoms with Gasteiger partial charge in [0.2, 0.25) is 35.3 Å². The molecule has 0 unspecified atom stereocenters. The lowest BCUT2D eigenvalue weighted by molar-refractivity contribution is -0.123. The molecule has 12 N–H and O–H groups in total. The zero-order valence-corrected chi connectivity index (χ0v) is 82.8. The minimum Gasteiger partial charge on any atom is -0.489 e. The van der Waals surface area contributed by atoms with Crippen molar-refractivity contribution in [2.45, 2.75) is 159 Å². The lowest BCUT2D eigenvalue weighted by Crippen LogP contribution is -2.68. The number of alkyl halides is 3. The van der Waals surface area contributed by atoms with Crippen LogP contribution in [0.25, 0.3) is 11.3 Å². The van der Waals surface area contributed by atoms with Crippen molar-refractivity contribution in [3.8, 4) is 77.3 Å². The summed E-state index contributed by atoms with van der Waals surface area (Å²) in [6, 6.07) is 19.5. The maximum Gasteiger partial charge on any atom is 0.405 e. The molecule has 9 aromatic heterocycles. The fourth-order valence-corrected chi connectivity index (χ4v) is 20.3. The second-order valence-corrected chi connectivity index (χ2v) is 40.9. The summed E-state index contributed by atoms with van der Waals surface area (Å²) in [5.41, 5.74) is 30.6. The Bertz CT molecular complexity index is 6670. The predicted molar refractivity (Wildman–Crippen MR) is 531 cm³/mol. The van der Waals surface area contributed by atoms with Gasteiger partial charge in [0.05, 0.1) is 99.7 Å². The molecule has 5 amide bonds. The minimum atomic E-state index is -4.58. The van der Waals surface area contributed by atoms with Crippen molar-refractivity contribution in [1.82, 2.24) is 111 Å². The Kier molecular flexibility index (Phi) is 30.0. The molecule has 9 aromatic rings. The number of carbonyl (C=O) groups is 5. The van der Waals surface area contributed by atoms with Crippen LogP contribution in [0.15, 0.2) is 72.2 Å². The Morgan fingerprint density at radius 1 is 0.530 bits per heavy atom. The fraction of sp³-hybridized carbons (Fsp3) is 0.545. The molecule has 15 aliphatic rings. The van der Waals surface area contributed by atoms with E-state index < -0.39 is 30.4 Å². The molecule has 8 atom stereocenters.